The Kier molecular flexibility index (Phi) is 4.43. The molecule has 0 atom stereocenters. The number of carbonyl (C=O) groups is 1. The first-order valence-electron chi connectivity index (χ1n) is 7.72. The Labute approximate surface area is 124 Å². The lowest BCUT2D eigenvalue weighted by molar-refractivity contribution is -0.121. The minimum absolute atomic E-state index is 0.201. The minimum atomic E-state index is 0.201. The van der Waals surface area contributed by atoms with Crippen LogP contribution < -0.4 is 5.32 Å². The largest absolute Gasteiger partial charge is 0.356 e. The van der Waals surface area contributed by atoms with Gasteiger partial charge in [-0.05, 0) is 37.2 Å². The molecular weight excluding hydrogens is 266 g/mol. The molecule has 2 aromatic rings. The van der Waals surface area contributed by atoms with Crippen molar-refractivity contribution in [3.05, 3.63) is 24.3 Å². The van der Waals surface area contributed by atoms with Gasteiger partial charge in [-0.1, -0.05) is 12.8 Å². The number of aromatic nitrogens is 4. The van der Waals surface area contributed by atoms with Crippen molar-refractivity contribution in [1.29, 1.82) is 0 Å². The van der Waals surface area contributed by atoms with Gasteiger partial charge in [0.1, 0.15) is 6.33 Å². The van der Waals surface area contributed by atoms with Gasteiger partial charge in [-0.2, -0.15) is 10.1 Å². The van der Waals surface area contributed by atoms with Crippen molar-refractivity contribution in [1.82, 2.24) is 24.9 Å². The van der Waals surface area contributed by atoms with Gasteiger partial charge in [0.05, 0.1) is 0 Å². The van der Waals surface area contributed by atoms with Gasteiger partial charge in [0.25, 0.3) is 5.78 Å². The molecule has 6 heteroatoms. The van der Waals surface area contributed by atoms with E-state index in [2.05, 4.69) is 20.4 Å². The van der Waals surface area contributed by atoms with Crippen molar-refractivity contribution < 1.29 is 4.79 Å². The van der Waals surface area contributed by atoms with Crippen molar-refractivity contribution in [2.75, 3.05) is 6.54 Å². The monoisotopic (exact) mass is 287 g/mol. The summed E-state index contributed by atoms with van der Waals surface area (Å²) in [5.74, 6) is 1.43. The van der Waals surface area contributed by atoms with Crippen LogP contribution in [0.15, 0.2) is 18.7 Å². The number of nitrogens with one attached hydrogen (secondary N) is 1. The Morgan fingerprint density at radius 1 is 1.33 bits per heavy atom. The van der Waals surface area contributed by atoms with E-state index in [9.17, 15) is 4.79 Å². The third kappa shape index (κ3) is 3.77. The number of amides is 1. The van der Waals surface area contributed by atoms with Crippen LogP contribution >= 0.6 is 0 Å². The van der Waals surface area contributed by atoms with Crippen LogP contribution in [0.25, 0.3) is 5.78 Å². The van der Waals surface area contributed by atoms with E-state index in [0.717, 1.165) is 24.9 Å². The molecular formula is C15H21N5O. The summed E-state index contributed by atoms with van der Waals surface area (Å²) in [7, 11) is 0. The number of hydrogen-bond acceptors (Lipinski definition) is 4. The Morgan fingerprint density at radius 2 is 2.19 bits per heavy atom. The summed E-state index contributed by atoms with van der Waals surface area (Å²) in [5, 5.41) is 7.08. The van der Waals surface area contributed by atoms with Crippen molar-refractivity contribution in [3.63, 3.8) is 0 Å². The molecule has 1 saturated carbocycles. The average Bonchev–Trinajstić information content (AvgIpc) is 3.14. The smallest absolute Gasteiger partial charge is 0.252 e. The molecule has 6 nitrogen and oxygen atoms in total. The van der Waals surface area contributed by atoms with Gasteiger partial charge >= 0.3 is 0 Å². The lowest BCUT2D eigenvalue weighted by atomic mass is 10.0. The quantitative estimate of drug-likeness (QED) is 0.822. The number of aryl methyl sites for hydroxylation is 1. The van der Waals surface area contributed by atoms with Crippen LogP contribution in [0.5, 0.6) is 0 Å². The molecule has 1 fully saturated rings. The zero-order valence-corrected chi connectivity index (χ0v) is 12.2. The van der Waals surface area contributed by atoms with Gasteiger partial charge in [0, 0.05) is 25.4 Å². The molecule has 2 heterocycles. The molecule has 0 spiro atoms. The number of carbonyl (C=O) groups excluding carboxylic acids is 1. The second-order valence-corrected chi connectivity index (χ2v) is 5.77. The van der Waals surface area contributed by atoms with E-state index in [0.29, 0.717) is 18.1 Å². The fourth-order valence-electron chi connectivity index (χ4n) is 2.96. The Hall–Kier alpha value is -1.98. The molecule has 0 bridgehead atoms. The number of hydrogen-bond donors (Lipinski definition) is 1. The van der Waals surface area contributed by atoms with Crippen molar-refractivity contribution >= 4 is 11.7 Å². The number of nitrogens with zero attached hydrogens (tertiary/aromatic N) is 4. The zero-order chi connectivity index (χ0) is 14.5. The van der Waals surface area contributed by atoms with Crippen LogP contribution in [-0.2, 0) is 11.2 Å². The van der Waals surface area contributed by atoms with E-state index in [1.807, 2.05) is 12.4 Å². The van der Waals surface area contributed by atoms with Crippen LogP contribution in [0, 0.1) is 5.92 Å². The molecule has 0 saturated heterocycles. The first-order valence-corrected chi connectivity index (χ1v) is 7.72. The summed E-state index contributed by atoms with van der Waals surface area (Å²) in [5.41, 5.74) is 1.11. The lowest BCUT2D eigenvalue weighted by Gasteiger charge is -2.09. The Morgan fingerprint density at radius 3 is 3.05 bits per heavy atom. The molecule has 3 rings (SSSR count). The fourth-order valence-corrected chi connectivity index (χ4v) is 2.96. The normalized spacial score (nSPS) is 15.6. The summed E-state index contributed by atoms with van der Waals surface area (Å²) in [6, 6.07) is 0. The minimum Gasteiger partial charge on any atom is -0.356 e. The standard InChI is InChI=1S/C15H21N5O/c21-14(8-12-4-1-2-5-12)16-7-3-6-13-9-17-15-18-11-19-20(15)10-13/h9-12H,1-8H2,(H,16,21). The maximum atomic E-state index is 11.8. The molecule has 1 aliphatic rings. The second kappa shape index (κ2) is 6.65. The van der Waals surface area contributed by atoms with Crippen molar-refractivity contribution in [3.8, 4) is 0 Å². The zero-order valence-electron chi connectivity index (χ0n) is 12.2. The van der Waals surface area contributed by atoms with Crippen LogP contribution in [-0.4, -0.2) is 32.0 Å². The van der Waals surface area contributed by atoms with E-state index >= 15 is 0 Å². The predicted octanol–water partition coefficient (Wildman–Crippen LogP) is 1.75. The van der Waals surface area contributed by atoms with Gasteiger partial charge < -0.3 is 5.32 Å². The van der Waals surface area contributed by atoms with Gasteiger partial charge in [-0.25, -0.2) is 9.50 Å². The van der Waals surface area contributed by atoms with E-state index < -0.39 is 0 Å². The van der Waals surface area contributed by atoms with Gasteiger partial charge in [0.15, 0.2) is 0 Å². The van der Waals surface area contributed by atoms with Crippen LogP contribution in [0.4, 0.5) is 0 Å². The molecule has 0 aromatic carbocycles. The highest BCUT2D eigenvalue weighted by molar-refractivity contribution is 5.76. The topological polar surface area (TPSA) is 72.2 Å². The summed E-state index contributed by atoms with van der Waals surface area (Å²) in [6.07, 6.45) is 12.8. The van der Waals surface area contributed by atoms with Crippen LogP contribution in [0.2, 0.25) is 0 Å². The predicted molar refractivity (Wildman–Crippen MR) is 78.7 cm³/mol. The van der Waals surface area contributed by atoms with Crippen LogP contribution in [0.3, 0.4) is 0 Å². The third-order valence-corrected chi connectivity index (χ3v) is 4.10. The maximum absolute atomic E-state index is 11.8. The van der Waals surface area contributed by atoms with Gasteiger partial charge in [0.2, 0.25) is 5.91 Å². The fraction of sp³-hybridized carbons (Fsp3) is 0.600. The molecule has 1 amide bonds. The van der Waals surface area contributed by atoms with E-state index in [-0.39, 0.29) is 5.91 Å². The van der Waals surface area contributed by atoms with Crippen molar-refractivity contribution in [2.45, 2.75) is 44.9 Å². The Balaban J connectivity index is 1.38. The molecule has 2 aromatic heterocycles. The summed E-state index contributed by atoms with van der Waals surface area (Å²) < 4.78 is 1.67. The average molecular weight is 287 g/mol. The molecule has 112 valence electrons. The SMILES string of the molecule is O=C(CC1CCCC1)NCCCc1cnc2ncnn2c1. The summed E-state index contributed by atoms with van der Waals surface area (Å²) in [4.78, 5) is 20.0. The molecule has 0 aliphatic heterocycles. The highest BCUT2D eigenvalue weighted by Gasteiger charge is 2.17. The van der Waals surface area contributed by atoms with Crippen molar-refractivity contribution in [2.24, 2.45) is 5.92 Å². The number of rotatable bonds is 6. The molecule has 0 unspecified atom stereocenters. The van der Waals surface area contributed by atoms with E-state index in [1.165, 1.54) is 32.0 Å². The molecule has 1 N–H and O–H groups in total. The van der Waals surface area contributed by atoms with Gasteiger partial charge in [-0.3, -0.25) is 4.79 Å². The van der Waals surface area contributed by atoms with E-state index in [1.54, 1.807) is 4.52 Å². The number of fused-ring (bicyclic) bond motifs is 1. The van der Waals surface area contributed by atoms with Crippen LogP contribution in [0.1, 0.15) is 44.1 Å². The first kappa shape index (κ1) is 14.0. The first-order chi connectivity index (χ1) is 10.3. The summed E-state index contributed by atoms with van der Waals surface area (Å²) >= 11 is 0. The molecule has 1 aliphatic carbocycles. The highest BCUT2D eigenvalue weighted by Crippen LogP contribution is 2.27. The Bertz CT molecular complexity index is 603. The second-order valence-electron chi connectivity index (χ2n) is 5.77. The summed E-state index contributed by atoms with van der Waals surface area (Å²) in [6.45, 7) is 0.723. The maximum Gasteiger partial charge on any atom is 0.252 e. The van der Waals surface area contributed by atoms with Gasteiger partial charge in [-0.15, -0.1) is 0 Å². The molecule has 21 heavy (non-hydrogen) atoms. The molecule has 0 radical (unpaired) electrons. The lowest BCUT2D eigenvalue weighted by Crippen LogP contribution is -2.26. The third-order valence-electron chi connectivity index (χ3n) is 4.10. The van der Waals surface area contributed by atoms with E-state index in [4.69, 9.17) is 0 Å². The highest BCUT2D eigenvalue weighted by atomic mass is 16.1.